The van der Waals surface area contributed by atoms with E-state index in [9.17, 15) is 33.6 Å². The third kappa shape index (κ3) is 20.5. The Balaban J connectivity index is 3.04. The molecule has 0 saturated heterocycles. The molecule has 0 radical (unpaired) electrons. The molecule has 1 heterocycles. The van der Waals surface area contributed by atoms with Gasteiger partial charge in [0.15, 0.2) is 0 Å². The van der Waals surface area contributed by atoms with Crippen LogP contribution in [0.25, 0.3) is 0 Å². The number of nitrogens with zero attached hydrogens (tertiary/aromatic N) is 1. The van der Waals surface area contributed by atoms with Crippen LogP contribution in [0.15, 0.2) is 12.2 Å². The van der Waals surface area contributed by atoms with Crippen molar-refractivity contribution in [2.24, 2.45) is 5.73 Å². The van der Waals surface area contributed by atoms with Gasteiger partial charge >= 0.3 is 5.97 Å². The molecule has 6 amide bonds. The Bertz CT molecular complexity index is 1380. The summed E-state index contributed by atoms with van der Waals surface area (Å²) in [5, 5.41) is 20.1. The monoisotopic (exact) mass is 850 g/mol. The number of carboxylic acids is 1. The molecule has 0 unspecified atom stereocenters. The molecule has 1 aliphatic heterocycles. The lowest BCUT2D eigenvalue weighted by Gasteiger charge is -2.31. The van der Waals surface area contributed by atoms with Crippen molar-refractivity contribution in [1.82, 2.24) is 26.2 Å². The van der Waals surface area contributed by atoms with Gasteiger partial charge in [0, 0.05) is 58.3 Å². The first-order chi connectivity index (χ1) is 25.2. The van der Waals surface area contributed by atoms with Crippen LogP contribution in [0.4, 0.5) is 0 Å². The second-order valence-corrected chi connectivity index (χ2v) is 22.8. The van der Waals surface area contributed by atoms with Crippen molar-refractivity contribution in [3.8, 4) is 0 Å². The molecule has 0 aliphatic carbocycles. The second-order valence-electron chi connectivity index (χ2n) is 16.4. The fourth-order valence-electron chi connectivity index (χ4n) is 4.74. The number of imide groups is 1. The minimum atomic E-state index is -1.35. The van der Waals surface area contributed by atoms with Crippen molar-refractivity contribution < 1.29 is 43.4 Å². The molecule has 15 nitrogen and oxygen atoms in total. The molecule has 0 saturated carbocycles. The molecule has 0 aromatic heterocycles. The van der Waals surface area contributed by atoms with Gasteiger partial charge in [-0.1, -0.05) is 84.7 Å². The summed E-state index contributed by atoms with van der Waals surface area (Å²) >= 11 is 0. The lowest BCUT2D eigenvalue weighted by molar-refractivity contribution is -0.145. The first kappa shape index (κ1) is 50.6. The van der Waals surface area contributed by atoms with E-state index in [1.807, 2.05) is 69.2 Å². The minimum Gasteiger partial charge on any atom is -0.481 e. The summed E-state index contributed by atoms with van der Waals surface area (Å²) < 4.78 is 5.61. The number of rotatable bonds is 24. The number of amides is 6. The summed E-state index contributed by atoms with van der Waals surface area (Å²) in [6.07, 6.45) is 3.59. The molecule has 1 aliphatic rings. The molecule has 314 valence electrons. The van der Waals surface area contributed by atoms with Gasteiger partial charge in [0.25, 0.3) is 11.8 Å². The Hall–Kier alpha value is -2.45. The van der Waals surface area contributed by atoms with Gasteiger partial charge in [-0.3, -0.25) is 38.5 Å². The smallest absolute Gasteiger partial charge is 0.303 e. The highest BCUT2D eigenvalue weighted by atomic mass is 33.1. The summed E-state index contributed by atoms with van der Waals surface area (Å²) in [7, 11) is 5.81. The summed E-state index contributed by atoms with van der Waals surface area (Å²) in [5.74, 6) is -4.45. The van der Waals surface area contributed by atoms with E-state index in [-0.39, 0.29) is 34.0 Å². The van der Waals surface area contributed by atoms with E-state index < -0.39 is 76.7 Å². The number of aliphatic carboxylic acids is 1. The van der Waals surface area contributed by atoms with Crippen molar-refractivity contribution in [3.05, 3.63) is 12.2 Å². The molecule has 0 spiro atoms. The van der Waals surface area contributed by atoms with E-state index in [0.717, 1.165) is 17.1 Å². The maximum Gasteiger partial charge on any atom is 0.303 e. The van der Waals surface area contributed by atoms with Gasteiger partial charge in [-0.2, -0.15) is 0 Å². The van der Waals surface area contributed by atoms with E-state index in [0.29, 0.717) is 25.9 Å². The van der Waals surface area contributed by atoms with E-state index in [1.165, 1.54) is 39.3 Å². The first-order valence-corrected chi connectivity index (χ1v) is 22.8. The summed E-state index contributed by atoms with van der Waals surface area (Å²) in [6, 6.07) is -4.58. The number of nitrogens with two attached hydrogens (primary N) is 1. The van der Waals surface area contributed by atoms with Gasteiger partial charge < -0.3 is 36.8 Å². The van der Waals surface area contributed by atoms with Crippen LogP contribution in [-0.4, -0.2) is 121 Å². The zero-order chi connectivity index (χ0) is 42.4. The molecule has 19 heteroatoms. The van der Waals surface area contributed by atoms with Crippen LogP contribution in [0.2, 0.25) is 0 Å². The molecule has 0 aromatic rings. The highest BCUT2D eigenvalue weighted by molar-refractivity contribution is 8.77. The van der Waals surface area contributed by atoms with Crippen molar-refractivity contribution in [1.29, 1.82) is 0 Å². The van der Waals surface area contributed by atoms with Gasteiger partial charge in [0.2, 0.25) is 23.6 Å². The number of nitrogens with one attached hydrogen (secondary N) is 4. The number of hydrogen-bond donors (Lipinski definition) is 6. The van der Waals surface area contributed by atoms with Gasteiger partial charge in [-0.25, -0.2) is 0 Å². The molecule has 1 rings (SSSR count). The average molecular weight is 851 g/mol. The van der Waals surface area contributed by atoms with Gasteiger partial charge in [-0.05, 0) is 53.9 Å². The quantitative estimate of drug-likeness (QED) is 0.0465. The second kappa shape index (κ2) is 22.5. The zero-order valence-corrected chi connectivity index (χ0v) is 37.3. The van der Waals surface area contributed by atoms with Crippen LogP contribution >= 0.6 is 43.2 Å². The predicted molar refractivity (Wildman–Crippen MR) is 223 cm³/mol. The fraction of sp³-hybridized carbons (Fsp3) is 0.750. The Morgan fingerprint density at radius 3 is 1.73 bits per heavy atom. The Kier molecular flexibility index (Phi) is 20.7. The molecule has 7 N–H and O–H groups in total. The largest absolute Gasteiger partial charge is 0.481 e. The number of hydrogen-bond acceptors (Lipinski definition) is 13. The highest BCUT2D eigenvalue weighted by Crippen LogP contribution is 2.36. The standard InChI is InChI=1S/C36H62N6O9S4/c1-22(38-30(48)23(20-52-54-33(2,3)4)40-32(50)25(19-37)42-26(43)13-14-27(42)44)29(47)39-24(21-53-55-34(5,6)7)31(49)41-35(8,9)16-12-18-51-36(10,11)17-15-28(45)46/h13-14,22-25H,12,15-21,37H2,1-11H3,(H,38,48)(H,39,47)(H,40,50)(H,41,49)(H,45,46)/t22-,23-,24-,25-/m0/s1. The number of carboxylic acid groups (broad SMARTS) is 1. The third-order valence-electron chi connectivity index (χ3n) is 7.63. The van der Waals surface area contributed by atoms with E-state index in [2.05, 4.69) is 21.3 Å². The minimum absolute atomic E-state index is 0.000794. The molecular formula is C36H62N6O9S4. The lowest BCUT2D eigenvalue weighted by atomic mass is 9.97. The Morgan fingerprint density at radius 1 is 0.764 bits per heavy atom. The normalized spacial score (nSPS) is 16.0. The van der Waals surface area contributed by atoms with Crippen LogP contribution in [0.5, 0.6) is 0 Å². The molecular weight excluding hydrogens is 789 g/mol. The van der Waals surface area contributed by atoms with Crippen molar-refractivity contribution >= 4 is 84.6 Å². The Labute approximate surface area is 341 Å². The van der Waals surface area contributed by atoms with E-state index >= 15 is 0 Å². The summed E-state index contributed by atoms with van der Waals surface area (Å²) in [5.41, 5.74) is 4.50. The summed E-state index contributed by atoms with van der Waals surface area (Å²) in [4.78, 5) is 90.4. The maximum absolute atomic E-state index is 13.7. The van der Waals surface area contributed by atoms with E-state index in [4.69, 9.17) is 15.6 Å². The lowest BCUT2D eigenvalue weighted by Crippen LogP contribution is -2.60. The van der Waals surface area contributed by atoms with Crippen molar-refractivity contribution in [3.63, 3.8) is 0 Å². The number of carbonyl (C=O) groups excluding carboxylic acids is 6. The van der Waals surface area contributed by atoms with Crippen molar-refractivity contribution in [2.45, 2.75) is 147 Å². The number of carbonyl (C=O) groups is 7. The molecule has 0 fully saturated rings. The topological polar surface area (TPSA) is 226 Å². The first-order valence-electron chi connectivity index (χ1n) is 18.1. The maximum atomic E-state index is 13.7. The zero-order valence-electron chi connectivity index (χ0n) is 34.0. The van der Waals surface area contributed by atoms with Gasteiger partial charge in [-0.15, -0.1) is 0 Å². The molecule has 0 bridgehead atoms. The average Bonchev–Trinajstić information content (AvgIpc) is 3.37. The predicted octanol–water partition coefficient (Wildman–Crippen LogP) is 3.41. The van der Waals surface area contributed by atoms with Crippen LogP contribution in [0, 0.1) is 0 Å². The number of ether oxygens (including phenoxy) is 1. The fourth-order valence-corrected chi connectivity index (χ4v) is 9.67. The molecule has 55 heavy (non-hydrogen) atoms. The van der Waals surface area contributed by atoms with Gasteiger partial charge in [0.05, 0.1) is 5.60 Å². The summed E-state index contributed by atoms with van der Waals surface area (Å²) in [6.45, 7) is 20.9. The van der Waals surface area contributed by atoms with Crippen molar-refractivity contribution in [2.75, 3.05) is 24.7 Å². The third-order valence-corrected chi connectivity index (χ3v) is 14.3. The highest BCUT2D eigenvalue weighted by Gasteiger charge is 2.37. The Morgan fingerprint density at radius 2 is 1.25 bits per heavy atom. The van der Waals surface area contributed by atoms with Crippen LogP contribution in [-0.2, 0) is 38.3 Å². The molecule has 0 aromatic carbocycles. The van der Waals surface area contributed by atoms with E-state index in [1.54, 1.807) is 10.8 Å². The van der Waals surface area contributed by atoms with Crippen LogP contribution < -0.4 is 27.0 Å². The van der Waals surface area contributed by atoms with Crippen LogP contribution in [0.3, 0.4) is 0 Å². The van der Waals surface area contributed by atoms with Crippen LogP contribution in [0.1, 0.15) is 102 Å². The van der Waals surface area contributed by atoms with Gasteiger partial charge in [0.1, 0.15) is 24.2 Å². The molecule has 4 atom stereocenters. The SMILES string of the molecule is C[C@H](NC(=O)[C@H](CSSC(C)(C)C)NC(=O)[C@H](CN)N1C(=O)C=CC1=O)C(=O)N[C@@H](CSSC(C)(C)C)C(=O)NC(C)(C)CCCOC(C)(C)CCC(=O)O.